The average molecular weight is 396 g/mol. The first-order chi connectivity index (χ1) is 13.3. The summed E-state index contributed by atoms with van der Waals surface area (Å²) in [7, 11) is 0. The number of hydrogen-bond acceptors (Lipinski definition) is 7. The second-order valence-electron chi connectivity index (χ2n) is 6.43. The van der Waals surface area contributed by atoms with Crippen LogP contribution in [0.2, 0.25) is 0 Å². The van der Waals surface area contributed by atoms with Crippen LogP contribution in [0.4, 0.5) is 0 Å². The fourth-order valence-corrected chi connectivity index (χ4v) is 2.97. The quantitative estimate of drug-likeness (QED) is 0.253. The molecule has 12 heteroatoms. The molecule has 1 saturated heterocycles. The molecule has 154 valence electrons. The largest absolute Gasteiger partial charge is 0.480 e. The molecule has 2 rings (SSSR count). The number of rotatable bonds is 9. The SMILES string of the molecule is NC(Cc1cnc[nH]1)C(=O)NC(CO)C(=O)N1CCCC1C(=O)NCC(=O)O. The lowest BCUT2D eigenvalue weighted by Gasteiger charge is -2.28. The third kappa shape index (κ3) is 5.50. The molecule has 1 aromatic heterocycles. The van der Waals surface area contributed by atoms with E-state index in [-0.39, 0.29) is 13.0 Å². The number of aromatic amines is 1. The Bertz CT molecular complexity index is 708. The predicted molar refractivity (Wildman–Crippen MR) is 94.7 cm³/mol. The highest BCUT2D eigenvalue weighted by Gasteiger charge is 2.37. The summed E-state index contributed by atoms with van der Waals surface area (Å²) in [5.74, 6) is -3.05. The lowest BCUT2D eigenvalue weighted by molar-refractivity contribution is -0.143. The lowest BCUT2D eigenvalue weighted by Crippen LogP contribution is -2.57. The monoisotopic (exact) mass is 396 g/mol. The van der Waals surface area contributed by atoms with Gasteiger partial charge in [0.15, 0.2) is 0 Å². The molecule has 0 aromatic carbocycles. The maximum absolute atomic E-state index is 12.7. The van der Waals surface area contributed by atoms with E-state index in [4.69, 9.17) is 10.8 Å². The first-order valence-electron chi connectivity index (χ1n) is 8.77. The van der Waals surface area contributed by atoms with Crippen LogP contribution in [0.25, 0.3) is 0 Å². The number of hydrogen-bond donors (Lipinski definition) is 6. The number of likely N-dealkylation sites (tertiary alicyclic amines) is 1. The molecule has 28 heavy (non-hydrogen) atoms. The van der Waals surface area contributed by atoms with Crippen molar-refractivity contribution in [1.29, 1.82) is 0 Å². The van der Waals surface area contributed by atoms with Crippen LogP contribution in [-0.4, -0.2) is 86.6 Å². The number of carboxylic acids is 1. The number of nitrogens with one attached hydrogen (secondary N) is 3. The van der Waals surface area contributed by atoms with Crippen molar-refractivity contribution in [2.75, 3.05) is 19.7 Å². The molecule has 0 spiro atoms. The van der Waals surface area contributed by atoms with Gasteiger partial charge in [0.25, 0.3) is 0 Å². The third-order valence-corrected chi connectivity index (χ3v) is 4.38. The van der Waals surface area contributed by atoms with Gasteiger partial charge in [-0.25, -0.2) is 4.98 Å². The molecule has 2 heterocycles. The van der Waals surface area contributed by atoms with Gasteiger partial charge in [0.1, 0.15) is 18.6 Å². The van der Waals surface area contributed by atoms with E-state index in [1.54, 1.807) is 0 Å². The number of amides is 3. The zero-order valence-electron chi connectivity index (χ0n) is 15.1. The molecule has 0 radical (unpaired) electrons. The zero-order valence-corrected chi connectivity index (χ0v) is 15.1. The highest BCUT2D eigenvalue weighted by Crippen LogP contribution is 2.18. The molecule has 3 atom stereocenters. The number of aliphatic carboxylic acids is 1. The molecule has 1 aromatic rings. The Kier molecular flexibility index (Phi) is 7.46. The van der Waals surface area contributed by atoms with Crippen LogP contribution in [0.5, 0.6) is 0 Å². The van der Waals surface area contributed by atoms with E-state index in [0.717, 1.165) is 0 Å². The number of imidazole rings is 1. The summed E-state index contributed by atoms with van der Waals surface area (Å²) in [6, 6.07) is -3.07. The van der Waals surface area contributed by atoms with Crippen LogP contribution < -0.4 is 16.4 Å². The summed E-state index contributed by atoms with van der Waals surface area (Å²) in [5, 5.41) is 22.8. The van der Waals surface area contributed by atoms with Crippen LogP contribution in [0.1, 0.15) is 18.5 Å². The van der Waals surface area contributed by atoms with Gasteiger partial charge in [-0.05, 0) is 12.8 Å². The second kappa shape index (κ2) is 9.80. The molecule has 12 nitrogen and oxygen atoms in total. The summed E-state index contributed by atoms with van der Waals surface area (Å²) in [6.45, 7) is -0.960. The topological polar surface area (TPSA) is 191 Å². The van der Waals surface area contributed by atoms with Crippen molar-refractivity contribution < 1.29 is 29.4 Å². The maximum atomic E-state index is 12.7. The van der Waals surface area contributed by atoms with E-state index < -0.39 is 55.0 Å². The summed E-state index contributed by atoms with van der Waals surface area (Å²) in [5.41, 5.74) is 6.47. The molecule has 1 fully saturated rings. The minimum atomic E-state index is -1.26. The first kappa shape index (κ1) is 21.3. The van der Waals surface area contributed by atoms with E-state index in [9.17, 15) is 24.3 Å². The van der Waals surface area contributed by atoms with Crippen molar-refractivity contribution in [1.82, 2.24) is 25.5 Å². The number of aromatic nitrogens is 2. The number of nitrogens with two attached hydrogens (primary N) is 1. The van der Waals surface area contributed by atoms with Crippen LogP contribution in [-0.2, 0) is 25.6 Å². The number of aliphatic hydroxyl groups excluding tert-OH is 1. The lowest BCUT2D eigenvalue weighted by atomic mass is 10.1. The number of aliphatic hydroxyl groups is 1. The Hall–Kier alpha value is -2.99. The number of nitrogens with zero attached hydrogens (tertiary/aromatic N) is 2. The van der Waals surface area contributed by atoms with Gasteiger partial charge >= 0.3 is 5.97 Å². The maximum Gasteiger partial charge on any atom is 0.322 e. The van der Waals surface area contributed by atoms with Crippen LogP contribution >= 0.6 is 0 Å². The average Bonchev–Trinajstić information content (AvgIpc) is 3.34. The van der Waals surface area contributed by atoms with E-state index in [1.165, 1.54) is 17.4 Å². The molecule has 3 unspecified atom stereocenters. The number of carboxylic acid groups (broad SMARTS) is 1. The molecule has 0 saturated carbocycles. The number of carbonyl (C=O) groups excluding carboxylic acids is 3. The summed E-state index contributed by atoms with van der Waals surface area (Å²) >= 11 is 0. The normalized spacial score (nSPS) is 18.4. The molecule has 1 aliphatic rings. The Balaban J connectivity index is 1.96. The van der Waals surface area contributed by atoms with Crippen LogP contribution in [0.3, 0.4) is 0 Å². The fourth-order valence-electron chi connectivity index (χ4n) is 2.97. The predicted octanol–water partition coefficient (Wildman–Crippen LogP) is -3.05. The van der Waals surface area contributed by atoms with Crippen molar-refractivity contribution in [2.45, 2.75) is 37.4 Å². The van der Waals surface area contributed by atoms with E-state index in [1.807, 2.05) is 0 Å². The summed E-state index contributed by atoms with van der Waals surface area (Å²) < 4.78 is 0. The molecule has 0 bridgehead atoms. The van der Waals surface area contributed by atoms with Gasteiger partial charge in [-0.2, -0.15) is 0 Å². The zero-order chi connectivity index (χ0) is 20.7. The van der Waals surface area contributed by atoms with Crippen molar-refractivity contribution in [3.05, 3.63) is 18.2 Å². The highest BCUT2D eigenvalue weighted by molar-refractivity contribution is 5.94. The molecular weight excluding hydrogens is 372 g/mol. The van der Waals surface area contributed by atoms with E-state index in [0.29, 0.717) is 18.5 Å². The van der Waals surface area contributed by atoms with Crippen LogP contribution in [0, 0.1) is 0 Å². The van der Waals surface area contributed by atoms with Crippen molar-refractivity contribution in [3.63, 3.8) is 0 Å². The third-order valence-electron chi connectivity index (χ3n) is 4.38. The highest BCUT2D eigenvalue weighted by atomic mass is 16.4. The van der Waals surface area contributed by atoms with E-state index >= 15 is 0 Å². The van der Waals surface area contributed by atoms with Gasteiger partial charge in [0.2, 0.25) is 17.7 Å². The number of H-pyrrole nitrogens is 1. The van der Waals surface area contributed by atoms with Gasteiger partial charge in [-0.1, -0.05) is 0 Å². The molecular formula is C16H24N6O6. The van der Waals surface area contributed by atoms with Gasteiger partial charge in [0, 0.05) is 24.9 Å². The Morgan fingerprint density at radius 1 is 1.39 bits per heavy atom. The van der Waals surface area contributed by atoms with Gasteiger partial charge in [-0.15, -0.1) is 0 Å². The Morgan fingerprint density at radius 3 is 2.75 bits per heavy atom. The van der Waals surface area contributed by atoms with Crippen LogP contribution in [0.15, 0.2) is 12.5 Å². The second-order valence-corrected chi connectivity index (χ2v) is 6.43. The summed E-state index contributed by atoms with van der Waals surface area (Å²) in [6.07, 6.45) is 4.04. The Labute approximate surface area is 160 Å². The van der Waals surface area contributed by atoms with Gasteiger partial charge in [0.05, 0.1) is 19.0 Å². The fraction of sp³-hybridized carbons (Fsp3) is 0.562. The van der Waals surface area contributed by atoms with Crippen molar-refractivity contribution in [3.8, 4) is 0 Å². The standard InChI is InChI=1S/C16H24N6O6/c17-10(4-9-5-18-8-20-9)14(26)21-11(7-23)16(28)22-3-1-2-12(22)15(27)19-6-13(24)25/h5,8,10-12,23H,1-4,6-7,17H2,(H,18,20)(H,19,27)(H,21,26)(H,24,25). The van der Waals surface area contributed by atoms with E-state index in [2.05, 4.69) is 20.6 Å². The number of carbonyl (C=O) groups is 4. The molecule has 7 N–H and O–H groups in total. The summed E-state index contributed by atoms with van der Waals surface area (Å²) in [4.78, 5) is 55.6. The van der Waals surface area contributed by atoms with Gasteiger partial charge < -0.3 is 36.5 Å². The van der Waals surface area contributed by atoms with Crippen molar-refractivity contribution in [2.24, 2.45) is 5.73 Å². The Morgan fingerprint density at radius 2 is 2.14 bits per heavy atom. The smallest absolute Gasteiger partial charge is 0.322 e. The minimum absolute atomic E-state index is 0.169. The molecule has 0 aliphatic carbocycles. The minimum Gasteiger partial charge on any atom is -0.480 e. The molecule has 1 aliphatic heterocycles. The van der Waals surface area contributed by atoms with Gasteiger partial charge in [-0.3, -0.25) is 19.2 Å². The molecule has 3 amide bonds. The van der Waals surface area contributed by atoms with Crippen molar-refractivity contribution >= 4 is 23.7 Å². The first-order valence-corrected chi connectivity index (χ1v) is 8.77.